The second kappa shape index (κ2) is 9.58. The van der Waals surface area contributed by atoms with Crippen LogP contribution in [-0.2, 0) is 10.0 Å². The van der Waals surface area contributed by atoms with Gasteiger partial charge in [0.2, 0.25) is 16.0 Å². The van der Waals surface area contributed by atoms with Crippen molar-refractivity contribution in [2.75, 3.05) is 51.0 Å². The predicted molar refractivity (Wildman–Crippen MR) is 107 cm³/mol. The molecule has 2 heterocycles. The van der Waals surface area contributed by atoms with E-state index in [9.17, 15) is 8.42 Å². The first-order valence-electron chi connectivity index (χ1n) is 7.69. The van der Waals surface area contributed by atoms with Gasteiger partial charge < -0.3 is 20.6 Å². The summed E-state index contributed by atoms with van der Waals surface area (Å²) in [5.41, 5.74) is 0.582. The van der Waals surface area contributed by atoms with Crippen molar-refractivity contribution in [3.63, 3.8) is 0 Å². The summed E-state index contributed by atoms with van der Waals surface area (Å²) in [6.07, 6.45) is 1.57. The summed E-state index contributed by atoms with van der Waals surface area (Å²) >= 11 is 4.44. The fourth-order valence-corrected chi connectivity index (χ4v) is 4.36. The van der Waals surface area contributed by atoms with Crippen LogP contribution in [0.1, 0.15) is 0 Å². The smallest absolute Gasteiger partial charge is 0.250 e. The van der Waals surface area contributed by atoms with Crippen LogP contribution in [0.4, 0.5) is 17.5 Å². The zero-order valence-corrected chi connectivity index (χ0v) is 17.6. The van der Waals surface area contributed by atoms with Gasteiger partial charge in [0, 0.05) is 31.2 Å². The third-order valence-corrected chi connectivity index (χ3v) is 6.58. The SMILES string of the molecule is CN(C)CCNS(=O)(=O)c1cc(Nc2ncc(Br)c(NCCO)n2)cs1. The molecule has 2 aromatic heterocycles. The maximum atomic E-state index is 12.3. The average Bonchev–Trinajstić information content (AvgIpc) is 3.04. The highest BCUT2D eigenvalue weighted by Crippen LogP contribution is 2.27. The van der Waals surface area contributed by atoms with Gasteiger partial charge in [-0.05, 0) is 36.1 Å². The Morgan fingerprint density at radius 3 is 2.81 bits per heavy atom. The van der Waals surface area contributed by atoms with Gasteiger partial charge in [-0.15, -0.1) is 11.3 Å². The van der Waals surface area contributed by atoms with Gasteiger partial charge >= 0.3 is 0 Å². The number of likely N-dealkylation sites (N-methyl/N-ethyl adjacent to an activating group) is 1. The van der Waals surface area contributed by atoms with Crippen LogP contribution in [-0.4, -0.2) is 68.7 Å². The summed E-state index contributed by atoms with van der Waals surface area (Å²) in [5.74, 6) is 0.848. The molecule has 0 aliphatic rings. The molecule has 0 aliphatic carbocycles. The fraction of sp³-hybridized carbons (Fsp3) is 0.429. The van der Waals surface area contributed by atoms with E-state index in [4.69, 9.17) is 5.11 Å². The highest BCUT2D eigenvalue weighted by Gasteiger charge is 2.17. The Kier molecular flexibility index (Phi) is 7.73. The molecule has 0 bridgehead atoms. The fourth-order valence-electron chi connectivity index (χ4n) is 1.85. The number of thiophene rings is 1. The van der Waals surface area contributed by atoms with Gasteiger partial charge in [-0.2, -0.15) is 4.98 Å². The Morgan fingerprint density at radius 1 is 1.35 bits per heavy atom. The summed E-state index contributed by atoms with van der Waals surface area (Å²) < 4.78 is 28.0. The Hall–Kier alpha value is -1.31. The molecular formula is C14H21BrN6O3S2. The van der Waals surface area contributed by atoms with E-state index in [-0.39, 0.29) is 10.8 Å². The Labute approximate surface area is 165 Å². The van der Waals surface area contributed by atoms with Crippen molar-refractivity contribution in [3.05, 3.63) is 22.1 Å². The maximum absolute atomic E-state index is 12.3. The number of hydrogen-bond donors (Lipinski definition) is 4. The van der Waals surface area contributed by atoms with E-state index < -0.39 is 10.0 Å². The van der Waals surface area contributed by atoms with Crippen LogP contribution in [0.25, 0.3) is 0 Å². The molecule has 0 saturated carbocycles. The van der Waals surface area contributed by atoms with Crippen LogP contribution in [0.15, 0.2) is 26.3 Å². The number of aromatic nitrogens is 2. The Bertz CT molecular complexity index is 828. The van der Waals surface area contributed by atoms with E-state index in [2.05, 4.69) is 41.3 Å². The van der Waals surface area contributed by atoms with Crippen molar-refractivity contribution < 1.29 is 13.5 Å². The third-order valence-electron chi connectivity index (χ3n) is 3.10. The van der Waals surface area contributed by atoms with Crippen LogP contribution in [0.3, 0.4) is 0 Å². The molecule has 0 aliphatic heterocycles. The molecule has 0 spiro atoms. The largest absolute Gasteiger partial charge is 0.395 e. The standard InChI is InChI=1S/C14H21BrN6O3S2/c1-21(2)5-3-18-26(23,24)12-7-10(9-25-12)19-14-17-8-11(15)13(20-14)16-4-6-22/h7-9,18,22H,3-6H2,1-2H3,(H2,16,17,19,20). The molecular weight excluding hydrogens is 444 g/mol. The van der Waals surface area contributed by atoms with Crippen LogP contribution in [0.5, 0.6) is 0 Å². The number of nitrogens with zero attached hydrogens (tertiary/aromatic N) is 3. The number of aliphatic hydroxyl groups is 1. The predicted octanol–water partition coefficient (Wildman–Crippen LogP) is 1.29. The number of sulfonamides is 1. The van der Waals surface area contributed by atoms with Crippen LogP contribution < -0.4 is 15.4 Å². The lowest BCUT2D eigenvalue weighted by Crippen LogP contribution is -2.30. The molecule has 2 aromatic rings. The molecule has 0 saturated heterocycles. The average molecular weight is 465 g/mol. The Balaban J connectivity index is 2.06. The minimum atomic E-state index is -3.54. The summed E-state index contributed by atoms with van der Waals surface area (Å²) in [4.78, 5) is 10.3. The number of halogens is 1. The second-order valence-corrected chi connectivity index (χ2v) is 9.28. The molecule has 12 heteroatoms. The molecule has 4 N–H and O–H groups in total. The van der Waals surface area contributed by atoms with Gasteiger partial charge in [-0.3, -0.25) is 0 Å². The zero-order chi connectivity index (χ0) is 19.2. The molecule has 2 rings (SSSR count). The first kappa shape index (κ1) is 21.0. The summed E-state index contributed by atoms with van der Waals surface area (Å²) in [5, 5.41) is 16.5. The third kappa shape index (κ3) is 6.14. The van der Waals surface area contributed by atoms with Crippen molar-refractivity contribution >= 4 is 54.7 Å². The summed E-state index contributed by atoms with van der Waals surface area (Å²) in [6.45, 7) is 1.29. The van der Waals surface area contributed by atoms with Crippen LogP contribution in [0, 0.1) is 0 Å². The van der Waals surface area contributed by atoms with E-state index in [0.717, 1.165) is 11.3 Å². The number of rotatable bonds is 10. The van der Waals surface area contributed by atoms with Gasteiger partial charge in [-0.1, -0.05) is 0 Å². The van der Waals surface area contributed by atoms with Crippen LogP contribution >= 0.6 is 27.3 Å². The highest BCUT2D eigenvalue weighted by molar-refractivity contribution is 9.10. The zero-order valence-electron chi connectivity index (χ0n) is 14.4. The van der Waals surface area contributed by atoms with E-state index in [1.54, 1.807) is 11.6 Å². The van der Waals surface area contributed by atoms with Crippen molar-refractivity contribution in [1.29, 1.82) is 0 Å². The lowest BCUT2D eigenvalue weighted by molar-refractivity contribution is 0.311. The summed E-state index contributed by atoms with van der Waals surface area (Å²) in [7, 11) is 0.216. The minimum Gasteiger partial charge on any atom is -0.395 e. The highest BCUT2D eigenvalue weighted by atomic mass is 79.9. The molecule has 0 amide bonds. The molecule has 0 fully saturated rings. The molecule has 0 unspecified atom stereocenters. The van der Waals surface area contributed by atoms with Gasteiger partial charge in [0.05, 0.1) is 16.8 Å². The topological polar surface area (TPSA) is 119 Å². The van der Waals surface area contributed by atoms with Crippen LogP contribution in [0.2, 0.25) is 0 Å². The first-order chi connectivity index (χ1) is 12.3. The molecule has 0 radical (unpaired) electrons. The van der Waals surface area contributed by atoms with E-state index in [0.29, 0.717) is 41.6 Å². The van der Waals surface area contributed by atoms with Crippen molar-refractivity contribution in [2.45, 2.75) is 4.21 Å². The molecule has 9 nitrogen and oxygen atoms in total. The van der Waals surface area contributed by atoms with Crippen molar-refractivity contribution in [1.82, 2.24) is 19.6 Å². The molecule has 26 heavy (non-hydrogen) atoms. The summed E-state index contributed by atoms with van der Waals surface area (Å²) in [6, 6.07) is 1.54. The maximum Gasteiger partial charge on any atom is 0.250 e. The van der Waals surface area contributed by atoms with Crippen molar-refractivity contribution in [2.24, 2.45) is 0 Å². The van der Waals surface area contributed by atoms with Gasteiger partial charge in [-0.25, -0.2) is 18.1 Å². The van der Waals surface area contributed by atoms with E-state index in [1.165, 1.54) is 6.07 Å². The number of nitrogens with one attached hydrogen (secondary N) is 3. The number of aliphatic hydroxyl groups excluding tert-OH is 1. The van der Waals surface area contributed by atoms with Crippen molar-refractivity contribution in [3.8, 4) is 0 Å². The van der Waals surface area contributed by atoms with Gasteiger partial charge in [0.25, 0.3) is 0 Å². The normalized spacial score (nSPS) is 11.7. The van der Waals surface area contributed by atoms with E-state index in [1.807, 2.05) is 19.0 Å². The lowest BCUT2D eigenvalue weighted by Gasteiger charge is -2.10. The number of anilines is 3. The molecule has 0 atom stereocenters. The molecule has 0 aromatic carbocycles. The lowest BCUT2D eigenvalue weighted by atomic mass is 10.5. The first-order valence-corrected chi connectivity index (χ1v) is 10.8. The molecule has 144 valence electrons. The Morgan fingerprint density at radius 2 is 2.12 bits per heavy atom. The minimum absolute atomic E-state index is 0.0220. The number of hydrogen-bond acceptors (Lipinski definition) is 9. The van der Waals surface area contributed by atoms with Gasteiger partial charge in [0.1, 0.15) is 10.0 Å². The monoisotopic (exact) mass is 464 g/mol. The van der Waals surface area contributed by atoms with E-state index >= 15 is 0 Å². The quantitative estimate of drug-likeness (QED) is 0.415. The van der Waals surface area contributed by atoms with Gasteiger partial charge in [0.15, 0.2) is 0 Å². The second-order valence-electron chi connectivity index (χ2n) is 5.52.